The molecule has 57 heavy (non-hydrogen) atoms. The van der Waals surface area contributed by atoms with Crippen molar-refractivity contribution in [3.63, 3.8) is 0 Å². The number of allylic oxidation sites excluding steroid dienone is 1. The number of pyridine rings is 1. The van der Waals surface area contributed by atoms with Gasteiger partial charge in [-0.15, -0.1) is 6.58 Å². The molecule has 2 aromatic carbocycles. The topological polar surface area (TPSA) is 171 Å². The molecule has 292 valence electrons. The van der Waals surface area contributed by atoms with Crippen LogP contribution in [0.3, 0.4) is 0 Å². The molecular weight excluding hydrogens is 725 g/mol. The molecule has 3 aromatic heterocycles. The number of carbonyl (C=O) groups is 3. The van der Waals surface area contributed by atoms with Crippen LogP contribution >= 0.6 is 0 Å². The summed E-state index contributed by atoms with van der Waals surface area (Å²) in [6.07, 6.45) is 5.66. The number of aromatic nitrogens is 5. The number of imide groups is 1. The lowest BCUT2D eigenvalue weighted by atomic mass is 9.98. The SMILES string of the molecule is C=CCn1c(=O)c2cnc(Nc3ccc(CN4CCN(c5cccc6c5CN(C5CCC(=O)NC5=O)C6=O)CC4)cc3)nc2n1-c1ccc2c(n1)[C@@](O)(CC)CC2. The molecule has 2 saturated heterocycles. The number of amides is 3. The lowest BCUT2D eigenvalue weighted by molar-refractivity contribution is -0.136. The molecule has 3 amide bonds. The average molecular weight is 769 g/mol. The number of aliphatic hydroxyl groups is 1. The van der Waals surface area contributed by atoms with Gasteiger partial charge in [-0.2, -0.15) is 4.98 Å². The van der Waals surface area contributed by atoms with Gasteiger partial charge in [0.25, 0.3) is 11.5 Å². The highest BCUT2D eigenvalue weighted by Gasteiger charge is 2.41. The van der Waals surface area contributed by atoms with Crippen molar-refractivity contribution in [3.8, 4) is 5.82 Å². The summed E-state index contributed by atoms with van der Waals surface area (Å²) in [6, 6.07) is 17.1. The van der Waals surface area contributed by atoms with Crippen molar-refractivity contribution in [3.05, 3.63) is 112 Å². The van der Waals surface area contributed by atoms with E-state index in [-0.39, 0.29) is 30.3 Å². The number of piperidine rings is 1. The second-order valence-corrected chi connectivity index (χ2v) is 15.3. The summed E-state index contributed by atoms with van der Waals surface area (Å²) in [5.74, 6) is -0.0373. The second-order valence-electron chi connectivity index (χ2n) is 15.3. The molecule has 9 rings (SSSR count). The molecule has 15 nitrogen and oxygen atoms in total. The van der Waals surface area contributed by atoms with Gasteiger partial charge in [0, 0.05) is 74.4 Å². The van der Waals surface area contributed by atoms with Gasteiger partial charge >= 0.3 is 0 Å². The number of nitrogens with zero attached hydrogens (tertiary/aromatic N) is 8. The van der Waals surface area contributed by atoms with Crippen LogP contribution in [0.5, 0.6) is 0 Å². The predicted octanol–water partition coefficient (Wildman–Crippen LogP) is 3.53. The molecule has 2 atom stereocenters. The summed E-state index contributed by atoms with van der Waals surface area (Å²) in [6.45, 7) is 10.4. The first-order valence-electron chi connectivity index (χ1n) is 19.6. The number of benzene rings is 2. The van der Waals surface area contributed by atoms with Crippen LogP contribution in [0.25, 0.3) is 16.9 Å². The van der Waals surface area contributed by atoms with Crippen LogP contribution in [-0.2, 0) is 41.2 Å². The maximum absolute atomic E-state index is 13.5. The summed E-state index contributed by atoms with van der Waals surface area (Å²) in [4.78, 5) is 71.6. The van der Waals surface area contributed by atoms with Crippen LogP contribution in [0.4, 0.5) is 17.3 Å². The van der Waals surface area contributed by atoms with Gasteiger partial charge in [0.15, 0.2) is 11.5 Å². The molecule has 15 heteroatoms. The summed E-state index contributed by atoms with van der Waals surface area (Å²) >= 11 is 0. The molecule has 1 unspecified atom stereocenters. The van der Waals surface area contributed by atoms with Gasteiger partial charge in [-0.25, -0.2) is 19.3 Å². The zero-order chi connectivity index (χ0) is 39.4. The van der Waals surface area contributed by atoms with Crippen molar-refractivity contribution in [2.24, 2.45) is 0 Å². The summed E-state index contributed by atoms with van der Waals surface area (Å²) in [7, 11) is 0. The van der Waals surface area contributed by atoms with E-state index in [4.69, 9.17) is 9.97 Å². The van der Waals surface area contributed by atoms with E-state index in [1.807, 2.05) is 43.3 Å². The number of piperazine rings is 1. The molecule has 4 aliphatic rings. The van der Waals surface area contributed by atoms with Crippen LogP contribution in [0.2, 0.25) is 0 Å². The van der Waals surface area contributed by atoms with E-state index in [9.17, 15) is 24.3 Å². The van der Waals surface area contributed by atoms with Crippen molar-refractivity contribution in [1.29, 1.82) is 0 Å². The van der Waals surface area contributed by atoms with E-state index in [0.29, 0.717) is 59.9 Å². The fourth-order valence-electron chi connectivity index (χ4n) is 8.71. The van der Waals surface area contributed by atoms with Crippen molar-refractivity contribution in [1.82, 2.24) is 39.4 Å². The van der Waals surface area contributed by atoms with Crippen LogP contribution in [0.15, 0.2) is 78.2 Å². The Morgan fingerprint density at radius 3 is 2.56 bits per heavy atom. The minimum atomic E-state index is -1.00. The van der Waals surface area contributed by atoms with E-state index in [1.165, 1.54) is 10.9 Å². The third-order valence-corrected chi connectivity index (χ3v) is 11.9. The lowest BCUT2D eigenvalue weighted by Crippen LogP contribution is -2.52. The standard InChI is InChI=1S/C42H44N10O5/c1-3-18-51-40(56)30-23-43-41(47-37(30)52(51)34-14-10-27-16-17-42(57,4-2)36(27)45-34)44-28-11-8-26(9-12-28)24-48-19-21-49(22-20-48)32-7-5-6-29-31(32)25-50(39(29)55)33-13-15-35(53)46-38(33)54/h3,5-12,14,23,33,57H,1,4,13,15-22,24-25H2,2H3,(H,43,44,47)(H,46,53,54)/t33?,42-/m1/s1. The van der Waals surface area contributed by atoms with Crippen molar-refractivity contribution in [2.45, 2.75) is 70.3 Å². The van der Waals surface area contributed by atoms with E-state index in [0.717, 1.165) is 67.2 Å². The zero-order valence-corrected chi connectivity index (χ0v) is 31.8. The third kappa shape index (κ3) is 6.45. The van der Waals surface area contributed by atoms with E-state index in [1.54, 1.807) is 15.7 Å². The Bertz CT molecular complexity index is 2500. The largest absolute Gasteiger partial charge is 0.384 e. The number of aryl methyl sites for hydroxylation is 1. The monoisotopic (exact) mass is 768 g/mol. The summed E-state index contributed by atoms with van der Waals surface area (Å²) in [5, 5.41) is 17.3. The Balaban J connectivity index is 0.867. The maximum atomic E-state index is 13.5. The third-order valence-electron chi connectivity index (χ3n) is 11.9. The van der Waals surface area contributed by atoms with Gasteiger partial charge in [0.2, 0.25) is 17.8 Å². The fourth-order valence-corrected chi connectivity index (χ4v) is 8.71. The molecule has 3 N–H and O–H groups in total. The Morgan fingerprint density at radius 2 is 1.81 bits per heavy atom. The van der Waals surface area contributed by atoms with Gasteiger partial charge in [-0.3, -0.25) is 29.4 Å². The van der Waals surface area contributed by atoms with E-state index >= 15 is 0 Å². The Morgan fingerprint density at radius 1 is 1.00 bits per heavy atom. The zero-order valence-electron chi connectivity index (χ0n) is 31.8. The first-order chi connectivity index (χ1) is 27.6. The fraction of sp³-hybridized carbons (Fsp3) is 0.357. The molecule has 3 aliphatic heterocycles. The predicted molar refractivity (Wildman–Crippen MR) is 213 cm³/mol. The molecule has 0 saturated carbocycles. The molecule has 2 fully saturated rings. The highest BCUT2D eigenvalue weighted by Crippen LogP contribution is 2.39. The Labute approximate surface area is 328 Å². The minimum absolute atomic E-state index is 0.161. The molecule has 1 aliphatic carbocycles. The maximum Gasteiger partial charge on any atom is 0.278 e. The second kappa shape index (κ2) is 14.4. The number of hydrogen-bond donors (Lipinski definition) is 3. The average Bonchev–Trinajstić information content (AvgIpc) is 3.83. The lowest BCUT2D eigenvalue weighted by Gasteiger charge is -2.37. The normalized spacial score (nSPS) is 20.9. The van der Waals surface area contributed by atoms with Crippen molar-refractivity contribution >= 4 is 46.1 Å². The first-order valence-corrected chi connectivity index (χ1v) is 19.6. The van der Waals surface area contributed by atoms with Crippen molar-refractivity contribution < 1.29 is 19.5 Å². The number of anilines is 3. The smallest absolute Gasteiger partial charge is 0.278 e. The molecular formula is C42H44N10O5. The summed E-state index contributed by atoms with van der Waals surface area (Å²) in [5.41, 5.74) is 5.34. The highest BCUT2D eigenvalue weighted by atomic mass is 16.3. The van der Waals surface area contributed by atoms with E-state index < -0.39 is 17.6 Å². The number of carbonyl (C=O) groups excluding carboxylic acids is 3. The van der Waals surface area contributed by atoms with Crippen LogP contribution in [-0.4, -0.2) is 89.2 Å². The van der Waals surface area contributed by atoms with Gasteiger partial charge in [-0.05, 0) is 67.1 Å². The Hall–Kier alpha value is -6.19. The molecule has 0 radical (unpaired) electrons. The van der Waals surface area contributed by atoms with Gasteiger partial charge in [-0.1, -0.05) is 37.3 Å². The molecule has 0 bridgehead atoms. The van der Waals surface area contributed by atoms with Gasteiger partial charge in [0.1, 0.15) is 17.0 Å². The highest BCUT2D eigenvalue weighted by molar-refractivity contribution is 6.06. The minimum Gasteiger partial charge on any atom is -0.384 e. The Kier molecular flexibility index (Phi) is 9.20. The quantitative estimate of drug-likeness (QED) is 0.140. The van der Waals surface area contributed by atoms with Crippen LogP contribution in [0.1, 0.15) is 65.3 Å². The number of fused-ring (bicyclic) bond motifs is 3. The van der Waals surface area contributed by atoms with Crippen LogP contribution in [0, 0.1) is 0 Å². The number of nitrogens with one attached hydrogen (secondary N) is 2. The van der Waals surface area contributed by atoms with Gasteiger partial charge < -0.3 is 20.2 Å². The number of rotatable bonds is 10. The van der Waals surface area contributed by atoms with Crippen LogP contribution < -0.4 is 21.1 Å². The van der Waals surface area contributed by atoms with E-state index in [2.05, 4.69) is 50.2 Å². The number of hydrogen-bond acceptors (Lipinski definition) is 11. The van der Waals surface area contributed by atoms with Gasteiger partial charge in [0.05, 0.1) is 12.2 Å². The first kappa shape index (κ1) is 36.4. The van der Waals surface area contributed by atoms with Crippen molar-refractivity contribution in [2.75, 3.05) is 36.4 Å². The molecule has 5 aromatic rings. The summed E-state index contributed by atoms with van der Waals surface area (Å²) < 4.78 is 3.22. The molecule has 6 heterocycles. The molecule has 0 spiro atoms.